The molecule has 202 valence electrons. The lowest BCUT2D eigenvalue weighted by Crippen LogP contribution is -2.47. The molecule has 2 amide bonds. The van der Waals surface area contributed by atoms with Crippen molar-refractivity contribution in [2.24, 2.45) is 0 Å². The number of hydrogen-bond acceptors (Lipinski definition) is 6. The van der Waals surface area contributed by atoms with Gasteiger partial charge >= 0.3 is 0 Å². The Balaban J connectivity index is 1.64. The van der Waals surface area contributed by atoms with Crippen molar-refractivity contribution in [2.75, 3.05) is 19.1 Å². The van der Waals surface area contributed by atoms with Crippen LogP contribution in [0.25, 0.3) is 11.0 Å². The Labute approximate surface area is 225 Å². The van der Waals surface area contributed by atoms with Crippen LogP contribution in [0.3, 0.4) is 0 Å². The van der Waals surface area contributed by atoms with Gasteiger partial charge < -0.3 is 14.8 Å². The van der Waals surface area contributed by atoms with Crippen LogP contribution >= 0.6 is 0 Å². The molecule has 1 aliphatic carbocycles. The van der Waals surface area contributed by atoms with Gasteiger partial charge in [-0.15, -0.1) is 5.10 Å². The van der Waals surface area contributed by atoms with E-state index in [0.717, 1.165) is 25.7 Å². The Hall–Kier alpha value is -4.47. The Kier molecular flexibility index (Phi) is 7.72. The molecule has 0 radical (unpaired) electrons. The zero-order valence-electron chi connectivity index (χ0n) is 21.8. The van der Waals surface area contributed by atoms with Crippen LogP contribution in [0.4, 0.5) is 10.1 Å². The van der Waals surface area contributed by atoms with E-state index in [1.807, 2.05) is 18.2 Å². The first-order chi connectivity index (χ1) is 19.0. The van der Waals surface area contributed by atoms with Gasteiger partial charge in [-0.05, 0) is 49.2 Å². The molecule has 1 N–H and O–H groups in total. The van der Waals surface area contributed by atoms with E-state index in [2.05, 4.69) is 15.6 Å². The fourth-order valence-corrected chi connectivity index (χ4v) is 5.18. The molecule has 4 aromatic rings. The third-order valence-corrected chi connectivity index (χ3v) is 7.00. The predicted octanol–water partition coefficient (Wildman–Crippen LogP) is 4.42. The zero-order valence-corrected chi connectivity index (χ0v) is 21.8. The molecule has 0 unspecified atom stereocenters. The Morgan fingerprint density at radius 3 is 2.56 bits per heavy atom. The van der Waals surface area contributed by atoms with E-state index in [1.165, 1.54) is 42.0 Å². The van der Waals surface area contributed by atoms with E-state index in [9.17, 15) is 14.0 Å². The van der Waals surface area contributed by atoms with Crippen molar-refractivity contribution in [1.29, 1.82) is 0 Å². The Morgan fingerprint density at radius 2 is 1.82 bits per heavy atom. The summed E-state index contributed by atoms with van der Waals surface area (Å²) < 4.78 is 27.2. The molecule has 9 nitrogen and oxygen atoms in total. The number of carbonyl (C=O) groups is 2. The van der Waals surface area contributed by atoms with Crippen molar-refractivity contribution in [1.82, 2.24) is 20.3 Å². The second-order valence-electron chi connectivity index (χ2n) is 9.45. The summed E-state index contributed by atoms with van der Waals surface area (Å²) in [7, 11) is 2.98. The standard InChI is InChI=1S/C29H30FN5O4/c1-38-25-16-8-13-22(28(25)39-2)27(29(37)31-20-10-3-4-11-20)35(21-12-7-9-19(30)17-21)26(36)18-34-24-15-6-5-14-23(24)32-33-34/h5-9,12-17,20,27H,3-4,10-11,18H2,1-2H3,(H,31,37)/t27-/m0/s1. The maximum absolute atomic E-state index is 14.5. The minimum Gasteiger partial charge on any atom is -0.493 e. The van der Waals surface area contributed by atoms with Crippen LogP contribution in [0.1, 0.15) is 37.3 Å². The van der Waals surface area contributed by atoms with Gasteiger partial charge in [0.15, 0.2) is 11.5 Å². The van der Waals surface area contributed by atoms with Gasteiger partial charge in [0, 0.05) is 17.3 Å². The largest absolute Gasteiger partial charge is 0.493 e. The average molecular weight is 532 g/mol. The first-order valence-electron chi connectivity index (χ1n) is 12.9. The molecule has 1 fully saturated rings. The number of rotatable bonds is 9. The van der Waals surface area contributed by atoms with Crippen LogP contribution in [-0.2, 0) is 16.1 Å². The summed E-state index contributed by atoms with van der Waals surface area (Å²) in [6.45, 7) is -0.226. The number of aromatic nitrogens is 3. The normalized spacial score (nSPS) is 14.2. The lowest BCUT2D eigenvalue weighted by Gasteiger charge is -2.33. The maximum Gasteiger partial charge on any atom is 0.249 e. The monoisotopic (exact) mass is 531 g/mol. The molecule has 5 rings (SSSR count). The van der Waals surface area contributed by atoms with Crippen LogP contribution in [0.15, 0.2) is 66.7 Å². The number of nitrogens with zero attached hydrogens (tertiary/aromatic N) is 4. The molecule has 0 aliphatic heterocycles. The molecule has 1 aliphatic rings. The van der Waals surface area contributed by atoms with Crippen LogP contribution in [0.2, 0.25) is 0 Å². The van der Waals surface area contributed by atoms with E-state index in [-0.39, 0.29) is 18.3 Å². The van der Waals surface area contributed by atoms with Crippen LogP contribution in [0, 0.1) is 5.82 Å². The van der Waals surface area contributed by atoms with Gasteiger partial charge in [0.05, 0.1) is 19.7 Å². The van der Waals surface area contributed by atoms with Gasteiger partial charge in [0.1, 0.15) is 23.9 Å². The van der Waals surface area contributed by atoms with E-state index in [0.29, 0.717) is 28.1 Å². The van der Waals surface area contributed by atoms with Gasteiger partial charge in [0.25, 0.3) is 0 Å². The van der Waals surface area contributed by atoms with Gasteiger partial charge in [-0.25, -0.2) is 9.07 Å². The molecular formula is C29H30FN5O4. The summed E-state index contributed by atoms with van der Waals surface area (Å²) in [6, 6.07) is 16.9. The number of ether oxygens (including phenoxy) is 2. The van der Waals surface area contributed by atoms with Gasteiger partial charge in [-0.2, -0.15) is 0 Å². The quantitative estimate of drug-likeness (QED) is 0.343. The molecule has 10 heteroatoms. The number of para-hydroxylation sites is 2. The second-order valence-corrected chi connectivity index (χ2v) is 9.45. The van der Waals surface area contributed by atoms with Crippen LogP contribution in [0.5, 0.6) is 11.5 Å². The summed E-state index contributed by atoms with van der Waals surface area (Å²) >= 11 is 0. The van der Waals surface area contributed by atoms with Crippen molar-refractivity contribution >= 4 is 28.5 Å². The molecule has 39 heavy (non-hydrogen) atoms. The number of nitrogens with one attached hydrogen (secondary N) is 1. The lowest BCUT2D eigenvalue weighted by molar-refractivity contribution is -0.127. The van der Waals surface area contributed by atoms with Crippen molar-refractivity contribution in [3.63, 3.8) is 0 Å². The molecule has 1 saturated carbocycles. The topological polar surface area (TPSA) is 98.6 Å². The highest BCUT2D eigenvalue weighted by Crippen LogP contribution is 2.39. The van der Waals surface area contributed by atoms with E-state index in [1.54, 1.807) is 30.3 Å². The smallest absolute Gasteiger partial charge is 0.249 e. The van der Waals surface area contributed by atoms with Crippen LogP contribution < -0.4 is 19.7 Å². The molecule has 1 aromatic heterocycles. The lowest BCUT2D eigenvalue weighted by atomic mass is 10.00. The molecule has 1 atom stereocenters. The first kappa shape index (κ1) is 26.1. The molecule has 0 bridgehead atoms. The highest BCUT2D eigenvalue weighted by Gasteiger charge is 2.37. The number of benzene rings is 3. The minimum atomic E-state index is -1.18. The van der Waals surface area contributed by atoms with Crippen molar-refractivity contribution in [3.8, 4) is 11.5 Å². The predicted molar refractivity (Wildman–Crippen MR) is 144 cm³/mol. The molecule has 1 heterocycles. The highest BCUT2D eigenvalue weighted by molar-refractivity contribution is 6.02. The maximum atomic E-state index is 14.5. The molecule has 0 saturated heterocycles. The van der Waals surface area contributed by atoms with Crippen molar-refractivity contribution in [2.45, 2.75) is 44.3 Å². The first-order valence-corrected chi connectivity index (χ1v) is 12.9. The summed E-state index contributed by atoms with van der Waals surface area (Å²) in [6.07, 6.45) is 3.74. The molecular weight excluding hydrogens is 501 g/mol. The fraction of sp³-hybridized carbons (Fsp3) is 0.310. The Morgan fingerprint density at radius 1 is 1.05 bits per heavy atom. The summed E-state index contributed by atoms with van der Waals surface area (Å²) in [5.41, 5.74) is 1.93. The number of anilines is 1. The van der Waals surface area contributed by atoms with E-state index >= 15 is 0 Å². The number of fused-ring (bicyclic) bond motifs is 1. The van der Waals surface area contributed by atoms with E-state index < -0.39 is 23.7 Å². The number of methoxy groups -OCH3 is 2. The number of amides is 2. The van der Waals surface area contributed by atoms with Gasteiger partial charge in [0.2, 0.25) is 11.8 Å². The van der Waals surface area contributed by atoms with Crippen molar-refractivity contribution < 1.29 is 23.5 Å². The SMILES string of the molecule is COc1cccc([C@@H](C(=O)NC2CCCC2)N(C(=O)Cn2nnc3ccccc32)c2cccc(F)c2)c1OC. The highest BCUT2D eigenvalue weighted by atomic mass is 19.1. The number of halogens is 1. The van der Waals surface area contributed by atoms with Crippen molar-refractivity contribution in [3.05, 3.63) is 78.1 Å². The summed E-state index contributed by atoms with van der Waals surface area (Å²) in [5, 5.41) is 11.4. The third-order valence-electron chi connectivity index (χ3n) is 7.00. The summed E-state index contributed by atoms with van der Waals surface area (Å²) in [4.78, 5) is 29.5. The minimum absolute atomic E-state index is 0.0136. The second kappa shape index (κ2) is 11.5. The number of carbonyl (C=O) groups excluding carboxylic acids is 2. The summed E-state index contributed by atoms with van der Waals surface area (Å²) in [5.74, 6) is -0.694. The zero-order chi connectivity index (χ0) is 27.4. The molecule has 0 spiro atoms. The molecule has 3 aromatic carbocycles. The van der Waals surface area contributed by atoms with Gasteiger partial charge in [-0.3, -0.25) is 14.5 Å². The number of hydrogen-bond donors (Lipinski definition) is 1. The van der Waals surface area contributed by atoms with Gasteiger partial charge in [-0.1, -0.05) is 48.4 Å². The fourth-order valence-electron chi connectivity index (χ4n) is 5.18. The van der Waals surface area contributed by atoms with E-state index in [4.69, 9.17) is 9.47 Å². The third kappa shape index (κ3) is 5.41. The van der Waals surface area contributed by atoms with Crippen LogP contribution in [-0.4, -0.2) is 47.1 Å². The Bertz CT molecular complexity index is 1480. The average Bonchev–Trinajstić information content (AvgIpc) is 3.61.